The van der Waals surface area contributed by atoms with Gasteiger partial charge in [0, 0.05) is 6.04 Å². The minimum atomic E-state index is -3.36. The molecule has 1 aromatic rings. The van der Waals surface area contributed by atoms with Crippen LogP contribution in [0.2, 0.25) is 0 Å². The summed E-state index contributed by atoms with van der Waals surface area (Å²) in [7, 11) is -3.36. The highest BCUT2D eigenvalue weighted by Crippen LogP contribution is 2.17. The summed E-state index contributed by atoms with van der Waals surface area (Å²) in [4.78, 5) is 10.8. The molecule has 1 aromatic carbocycles. The van der Waals surface area contributed by atoms with Gasteiger partial charge in [-0.05, 0) is 37.5 Å². The van der Waals surface area contributed by atoms with Crippen LogP contribution in [0.1, 0.15) is 55.6 Å². The van der Waals surface area contributed by atoms with E-state index in [2.05, 4.69) is 4.72 Å². The number of benzene rings is 1. The van der Waals surface area contributed by atoms with Gasteiger partial charge in [0.25, 0.3) is 0 Å². The van der Waals surface area contributed by atoms with Gasteiger partial charge in [-0.25, -0.2) is 17.9 Å². The molecule has 0 aliphatic heterocycles. The monoisotopic (exact) mass is 299 g/mol. The number of sulfonamides is 1. The molecule has 0 aliphatic rings. The molecule has 0 spiro atoms. The summed E-state index contributed by atoms with van der Waals surface area (Å²) < 4.78 is 26.9. The molecule has 6 heteroatoms. The van der Waals surface area contributed by atoms with Gasteiger partial charge in [0.1, 0.15) is 0 Å². The van der Waals surface area contributed by atoms with Crippen molar-refractivity contribution in [2.75, 3.05) is 0 Å². The van der Waals surface area contributed by atoms with Crippen molar-refractivity contribution >= 4 is 16.0 Å². The molecule has 1 rings (SSSR count). The second-order valence-electron chi connectivity index (χ2n) is 4.75. The van der Waals surface area contributed by atoms with Crippen LogP contribution >= 0.6 is 0 Å². The van der Waals surface area contributed by atoms with Crippen LogP contribution in [0.4, 0.5) is 0 Å². The van der Waals surface area contributed by atoms with Gasteiger partial charge in [-0.2, -0.15) is 0 Å². The van der Waals surface area contributed by atoms with E-state index >= 15 is 0 Å². The van der Waals surface area contributed by atoms with E-state index in [0.29, 0.717) is 12.8 Å². The first-order valence-electron chi connectivity index (χ1n) is 6.66. The zero-order valence-electron chi connectivity index (χ0n) is 12.0. The lowest BCUT2D eigenvalue weighted by atomic mass is 10.1. The fourth-order valence-electron chi connectivity index (χ4n) is 2.05. The minimum Gasteiger partial charge on any atom is -0.478 e. The van der Waals surface area contributed by atoms with E-state index in [9.17, 15) is 13.2 Å². The lowest BCUT2D eigenvalue weighted by molar-refractivity contribution is 0.0697. The third-order valence-electron chi connectivity index (χ3n) is 3.35. The Bertz CT molecular complexity index is 547. The Balaban J connectivity index is 2.85. The number of nitrogens with one attached hydrogen (secondary N) is 1. The van der Waals surface area contributed by atoms with Gasteiger partial charge in [0.05, 0.1) is 10.8 Å². The summed E-state index contributed by atoms with van der Waals surface area (Å²) in [6.07, 6.45) is 1.13. The predicted octanol–water partition coefficient (Wildman–Crippen LogP) is 2.55. The normalized spacial score (nSPS) is 13.4. The van der Waals surface area contributed by atoms with E-state index in [1.54, 1.807) is 19.1 Å². The van der Waals surface area contributed by atoms with Crippen molar-refractivity contribution in [2.45, 2.75) is 44.9 Å². The Labute approximate surface area is 120 Å². The van der Waals surface area contributed by atoms with Crippen LogP contribution in [0, 0.1) is 0 Å². The molecule has 0 heterocycles. The SMILES string of the molecule is CCC(CC)S(=O)(=O)N[C@@H](C)c1ccc(C(=O)O)cc1. The molecule has 0 amide bonds. The van der Waals surface area contributed by atoms with Crippen molar-refractivity contribution in [3.63, 3.8) is 0 Å². The molecule has 0 aromatic heterocycles. The highest BCUT2D eigenvalue weighted by atomic mass is 32.2. The molecule has 5 nitrogen and oxygen atoms in total. The first-order chi connectivity index (χ1) is 9.31. The van der Waals surface area contributed by atoms with Crippen LogP contribution in [-0.2, 0) is 10.0 Å². The van der Waals surface area contributed by atoms with E-state index in [4.69, 9.17) is 5.11 Å². The van der Waals surface area contributed by atoms with Crippen molar-refractivity contribution in [1.29, 1.82) is 0 Å². The summed E-state index contributed by atoms with van der Waals surface area (Å²) in [5.74, 6) is -0.998. The predicted molar refractivity (Wildman–Crippen MR) is 78.2 cm³/mol. The number of carboxylic acid groups (broad SMARTS) is 1. The third-order valence-corrected chi connectivity index (χ3v) is 5.57. The molecule has 0 fully saturated rings. The second-order valence-corrected chi connectivity index (χ2v) is 6.74. The van der Waals surface area contributed by atoms with E-state index in [1.165, 1.54) is 12.1 Å². The molecule has 0 saturated carbocycles. The molecule has 0 radical (unpaired) electrons. The van der Waals surface area contributed by atoms with E-state index in [-0.39, 0.29) is 11.6 Å². The summed E-state index contributed by atoms with van der Waals surface area (Å²) in [5.41, 5.74) is 0.924. The van der Waals surface area contributed by atoms with Crippen molar-refractivity contribution in [2.24, 2.45) is 0 Å². The second kappa shape index (κ2) is 6.85. The smallest absolute Gasteiger partial charge is 0.335 e. The minimum absolute atomic E-state index is 0.184. The highest BCUT2D eigenvalue weighted by molar-refractivity contribution is 7.90. The van der Waals surface area contributed by atoms with Gasteiger partial charge in [-0.1, -0.05) is 26.0 Å². The van der Waals surface area contributed by atoms with Crippen LogP contribution in [0.5, 0.6) is 0 Å². The number of hydrogen-bond acceptors (Lipinski definition) is 3. The van der Waals surface area contributed by atoms with Gasteiger partial charge in [0.2, 0.25) is 10.0 Å². The van der Waals surface area contributed by atoms with Crippen LogP contribution in [0.3, 0.4) is 0 Å². The number of aromatic carboxylic acids is 1. The Kier molecular flexibility index (Phi) is 5.71. The molecule has 0 aliphatic carbocycles. The molecular weight excluding hydrogens is 278 g/mol. The van der Waals surface area contributed by atoms with Gasteiger partial charge in [0.15, 0.2) is 0 Å². The van der Waals surface area contributed by atoms with Crippen LogP contribution in [0.15, 0.2) is 24.3 Å². The first kappa shape index (κ1) is 16.7. The molecule has 0 saturated heterocycles. The molecular formula is C14H21NO4S. The van der Waals surface area contributed by atoms with E-state index in [0.717, 1.165) is 5.56 Å². The highest BCUT2D eigenvalue weighted by Gasteiger charge is 2.24. The third kappa shape index (κ3) is 4.05. The lowest BCUT2D eigenvalue weighted by Gasteiger charge is -2.19. The fourth-order valence-corrected chi connectivity index (χ4v) is 3.75. The molecule has 2 N–H and O–H groups in total. The maximum absolute atomic E-state index is 12.1. The fraction of sp³-hybridized carbons (Fsp3) is 0.500. The van der Waals surface area contributed by atoms with Gasteiger partial charge < -0.3 is 5.11 Å². The summed E-state index contributed by atoms with van der Waals surface area (Å²) in [6.45, 7) is 5.44. The number of rotatable bonds is 7. The maximum Gasteiger partial charge on any atom is 0.335 e. The Morgan fingerprint density at radius 2 is 1.70 bits per heavy atom. The average Bonchev–Trinajstić information content (AvgIpc) is 2.39. The molecule has 20 heavy (non-hydrogen) atoms. The van der Waals surface area contributed by atoms with Gasteiger partial charge >= 0.3 is 5.97 Å². The van der Waals surface area contributed by atoms with Crippen molar-refractivity contribution < 1.29 is 18.3 Å². The molecule has 0 unspecified atom stereocenters. The van der Waals surface area contributed by atoms with E-state index in [1.807, 2.05) is 13.8 Å². The average molecular weight is 299 g/mol. The topological polar surface area (TPSA) is 83.5 Å². The van der Waals surface area contributed by atoms with Crippen LogP contribution in [0.25, 0.3) is 0 Å². The zero-order valence-corrected chi connectivity index (χ0v) is 12.8. The van der Waals surface area contributed by atoms with Gasteiger partial charge in [-0.3, -0.25) is 0 Å². The number of carboxylic acids is 1. The number of carbonyl (C=O) groups is 1. The molecule has 112 valence electrons. The van der Waals surface area contributed by atoms with Crippen molar-refractivity contribution in [3.05, 3.63) is 35.4 Å². The summed E-state index contributed by atoms with van der Waals surface area (Å²) in [6, 6.07) is 5.81. The zero-order chi connectivity index (χ0) is 15.3. The molecule has 0 bridgehead atoms. The first-order valence-corrected chi connectivity index (χ1v) is 8.20. The van der Waals surface area contributed by atoms with Crippen LogP contribution < -0.4 is 4.72 Å². The quantitative estimate of drug-likeness (QED) is 0.810. The standard InChI is InChI=1S/C14H21NO4S/c1-4-13(5-2)20(18,19)15-10(3)11-6-8-12(9-7-11)14(16)17/h6-10,13,15H,4-5H2,1-3H3,(H,16,17)/t10-/m0/s1. The van der Waals surface area contributed by atoms with E-state index < -0.39 is 21.2 Å². The lowest BCUT2D eigenvalue weighted by Crippen LogP contribution is -2.35. The largest absolute Gasteiger partial charge is 0.478 e. The Morgan fingerprint density at radius 1 is 1.20 bits per heavy atom. The maximum atomic E-state index is 12.1. The Hall–Kier alpha value is -1.40. The Morgan fingerprint density at radius 3 is 2.10 bits per heavy atom. The number of hydrogen-bond donors (Lipinski definition) is 2. The summed E-state index contributed by atoms with van der Waals surface area (Å²) in [5, 5.41) is 8.43. The van der Waals surface area contributed by atoms with Gasteiger partial charge in [-0.15, -0.1) is 0 Å². The molecule has 1 atom stereocenters. The van der Waals surface area contributed by atoms with Crippen LogP contribution in [-0.4, -0.2) is 24.7 Å². The van der Waals surface area contributed by atoms with Crippen molar-refractivity contribution in [3.8, 4) is 0 Å². The summed E-state index contributed by atoms with van der Waals surface area (Å²) >= 11 is 0. The van der Waals surface area contributed by atoms with Crippen molar-refractivity contribution in [1.82, 2.24) is 4.72 Å².